The SMILES string of the molecule is Cc1cc(C)c2c(c1)-c1ccc(C)cc1C2(C)C.Cc1cc(C)c2c(c1)C(C)(C)c1ccccc1-2.Cc1cc2c(c(C)c1C)C(C)(C)c1ccccc1-2. The van der Waals surface area contributed by atoms with Crippen LogP contribution in [0.2, 0.25) is 0 Å². The molecular weight excluding hydrogens is 637 g/mol. The summed E-state index contributed by atoms with van der Waals surface area (Å²) in [4.78, 5) is 0. The van der Waals surface area contributed by atoms with Crippen molar-refractivity contribution in [1.82, 2.24) is 0 Å². The van der Waals surface area contributed by atoms with Crippen molar-refractivity contribution < 1.29 is 0 Å². The molecule has 0 atom stereocenters. The Hall–Kier alpha value is -4.68. The Kier molecular flexibility index (Phi) is 8.80. The Morgan fingerprint density at radius 1 is 0.321 bits per heavy atom. The van der Waals surface area contributed by atoms with Crippen LogP contribution < -0.4 is 0 Å². The summed E-state index contributed by atoms with van der Waals surface area (Å²) in [7, 11) is 0. The molecule has 0 bridgehead atoms. The van der Waals surface area contributed by atoms with Crippen LogP contribution in [-0.4, -0.2) is 0 Å². The normalized spacial score (nSPS) is 15.4. The minimum atomic E-state index is 0.133. The average Bonchev–Trinajstić information content (AvgIpc) is 3.56. The molecule has 0 fully saturated rings. The van der Waals surface area contributed by atoms with E-state index in [9.17, 15) is 0 Å². The number of benzene rings is 6. The highest BCUT2D eigenvalue weighted by Gasteiger charge is 2.38. The highest BCUT2D eigenvalue weighted by atomic mass is 14.4. The summed E-state index contributed by atoms with van der Waals surface area (Å²) in [6.45, 7) is 31.8. The molecule has 3 aliphatic rings. The molecule has 0 unspecified atom stereocenters. The Balaban J connectivity index is 0.000000123. The Labute approximate surface area is 320 Å². The molecule has 0 heterocycles. The third-order valence-corrected chi connectivity index (χ3v) is 12.9. The van der Waals surface area contributed by atoms with Gasteiger partial charge in [-0.05, 0) is 150 Å². The third-order valence-electron chi connectivity index (χ3n) is 12.9. The van der Waals surface area contributed by atoms with E-state index in [0.717, 1.165) is 0 Å². The molecule has 0 spiro atoms. The van der Waals surface area contributed by atoms with Gasteiger partial charge in [-0.3, -0.25) is 0 Å². The lowest BCUT2D eigenvalue weighted by Crippen LogP contribution is -2.17. The van der Waals surface area contributed by atoms with Gasteiger partial charge in [-0.15, -0.1) is 0 Å². The molecule has 0 amide bonds. The molecule has 0 nitrogen and oxygen atoms in total. The van der Waals surface area contributed by atoms with Gasteiger partial charge in [0.1, 0.15) is 0 Å². The zero-order valence-corrected chi connectivity index (χ0v) is 34.7. The van der Waals surface area contributed by atoms with Gasteiger partial charge in [0, 0.05) is 16.2 Å². The van der Waals surface area contributed by atoms with E-state index in [1.54, 1.807) is 0 Å². The van der Waals surface area contributed by atoms with Crippen molar-refractivity contribution in [2.45, 2.75) is 113 Å². The van der Waals surface area contributed by atoms with Crippen molar-refractivity contribution in [3.05, 3.63) is 175 Å². The third kappa shape index (κ3) is 5.72. The Bertz CT molecular complexity index is 2440. The molecule has 53 heavy (non-hydrogen) atoms. The van der Waals surface area contributed by atoms with Crippen molar-refractivity contribution >= 4 is 0 Å². The largest absolute Gasteiger partial charge is 0.0619 e. The van der Waals surface area contributed by atoms with Crippen LogP contribution in [0.25, 0.3) is 33.4 Å². The topological polar surface area (TPSA) is 0 Å². The van der Waals surface area contributed by atoms with E-state index >= 15 is 0 Å². The Morgan fingerprint density at radius 3 is 1.51 bits per heavy atom. The van der Waals surface area contributed by atoms with Gasteiger partial charge < -0.3 is 0 Å². The zero-order chi connectivity index (χ0) is 38.4. The van der Waals surface area contributed by atoms with Crippen molar-refractivity contribution in [3.63, 3.8) is 0 Å². The summed E-state index contributed by atoms with van der Waals surface area (Å²) < 4.78 is 0. The molecule has 0 saturated heterocycles. The first kappa shape index (κ1) is 36.7. The maximum absolute atomic E-state index is 2.37. The van der Waals surface area contributed by atoms with E-state index in [0.29, 0.717) is 0 Å². The van der Waals surface area contributed by atoms with Crippen LogP contribution in [0, 0.1) is 55.4 Å². The second-order valence-electron chi connectivity index (χ2n) is 17.9. The molecule has 0 aromatic heterocycles. The summed E-state index contributed by atoms with van der Waals surface area (Å²) in [5.41, 5.74) is 29.1. The molecular formula is C53H58. The predicted molar refractivity (Wildman–Crippen MR) is 230 cm³/mol. The van der Waals surface area contributed by atoms with E-state index < -0.39 is 0 Å². The van der Waals surface area contributed by atoms with Gasteiger partial charge in [0.25, 0.3) is 0 Å². The molecule has 9 rings (SSSR count). The van der Waals surface area contributed by atoms with Crippen LogP contribution in [0.15, 0.2) is 97.1 Å². The van der Waals surface area contributed by atoms with Crippen molar-refractivity contribution in [1.29, 1.82) is 0 Å². The van der Waals surface area contributed by atoms with Crippen LogP contribution in [0.1, 0.15) is 119 Å². The second-order valence-corrected chi connectivity index (χ2v) is 17.9. The van der Waals surface area contributed by atoms with Gasteiger partial charge in [0.15, 0.2) is 0 Å². The lowest BCUT2D eigenvalue weighted by molar-refractivity contribution is 0.654. The quantitative estimate of drug-likeness (QED) is 0.148. The van der Waals surface area contributed by atoms with Crippen LogP contribution in [0.5, 0.6) is 0 Å². The molecule has 0 radical (unpaired) electrons. The van der Waals surface area contributed by atoms with Crippen LogP contribution in [0.4, 0.5) is 0 Å². The standard InChI is InChI=1S/2C18H20.C17H18/c1-11-6-7-14-15-9-12(2)8-13(3)17(15)18(4,5)16(14)10-11;1-11-10-15-14-8-6-7-9-16(14)18(4,5)17(15)13(3)12(11)2;1-11-9-12(2)16-13-7-5-6-8-14(13)17(3,4)15(16)10-11/h2*6-10H,1-5H3;5-10H,1-4H3. The molecule has 0 saturated carbocycles. The number of hydrogen-bond acceptors (Lipinski definition) is 0. The fourth-order valence-electron chi connectivity index (χ4n) is 10.3. The lowest BCUT2D eigenvalue weighted by atomic mass is 9.79. The van der Waals surface area contributed by atoms with Gasteiger partial charge in [-0.1, -0.05) is 155 Å². The van der Waals surface area contributed by atoms with Crippen molar-refractivity contribution in [2.24, 2.45) is 0 Å². The minimum absolute atomic E-state index is 0.133. The molecule has 270 valence electrons. The summed E-state index contributed by atoms with van der Waals surface area (Å²) in [5, 5.41) is 0. The van der Waals surface area contributed by atoms with E-state index in [-0.39, 0.29) is 16.2 Å². The molecule has 0 N–H and O–H groups in total. The first-order valence-corrected chi connectivity index (χ1v) is 19.5. The monoisotopic (exact) mass is 694 g/mol. The molecule has 0 aliphatic heterocycles. The van der Waals surface area contributed by atoms with E-state index in [1.807, 2.05) is 0 Å². The summed E-state index contributed by atoms with van der Waals surface area (Å²) in [6.07, 6.45) is 0. The maximum atomic E-state index is 2.37. The van der Waals surface area contributed by atoms with E-state index in [2.05, 4.69) is 194 Å². The maximum Gasteiger partial charge on any atom is 0.0161 e. The highest BCUT2D eigenvalue weighted by molar-refractivity contribution is 5.85. The fraction of sp³-hybridized carbons (Fsp3) is 0.321. The number of fused-ring (bicyclic) bond motifs is 9. The van der Waals surface area contributed by atoms with Crippen molar-refractivity contribution in [3.8, 4) is 33.4 Å². The summed E-state index contributed by atoms with van der Waals surface area (Å²) in [5.74, 6) is 0. The fourth-order valence-corrected chi connectivity index (χ4v) is 10.3. The predicted octanol–water partition coefficient (Wildman–Crippen LogP) is 14.4. The first-order chi connectivity index (χ1) is 24.9. The van der Waals surface area contributed by atoms with Gasteiger partial charge in [0.05, 0.1) is 0 Å². The smallest absolute Gasteiger partial charge is 0.0161 e. The van der Waals surface area contributed by atoms with Crippen LogP contribution in [-0.2, 0) is 16.2 Å². The molecule has 3 aliphatic carbocycles. The van der Waals surface area contributed by atoms with Gasteiger partial charge >= 0.3 is 0 Å². The van der Waals surface area contributed by atoms with Gasteiger partial charge in [0.2, 0.25) is 0 Å². The van der Waals surface area contributed by atoms with Crippen molar-refractivity contribution in [2.75, 3.05) is 0 Å². The number of hydrogen-bond donors (Lipinski definition) is 0. The van der Waals surface area contributed by atoms with Crippen LogP contribution in [0.3, 0.4) is 0 Å². The summed E-state index contributed by atoms with van der Waals surface area (Å²) in [6, 6.07) is 36.2. The second kappa shape index (κ2) is 12.7. The van der Waals surface area contributed by atoms with Crippen LogP contribution >= 0.6 is 0 Å². The lowest BCUT2D eigenvalue weighted by Gasteiger charge is -2.24. The number of rotatable bonds is 0. The summed E-state index contributed by atoms with van der Waals surface area (Å²) >= 11 is 0. The first-order valence-electron chi connectivity index (χ1n) is 19.5. The molecule has 6 aromatic rings. The van der Waals surface area contributed by atoms with Gasteiger partial charge in [-0.25, -0.2) is 0 Å². The van der Waals surface area contributed by atoms with Gasteiger partial charge in [-0.2, -0.15) is 0 Å². The van der Waals surface area contributed by atoms with E-state index in [4.69, 9.17) is 0 Å². The van der Waals surface area contributed by atoms with E-state index in [1.165, 1.54) is 111 Å². The Morgan fingerprint density at radius 2 is 0.830 bits per heavy atom. The zero-order valence-electron chi connectivity index (χ0n) is 34.7. The minimum Gasteiger partial charge on any atom is -0.0619 e. The highest BCUT2D eigenvalue weighted by Crippen LogP contribution is 2.53. The molecule has 6 aromatic carbocycles. The average molecular weight is 695 g/mol. The number of aryl methyl sites for hydroxylation is 6. The molecule has 0 heteroatoms.